The molecule has 1 aliphatic carbocycles. The van der Waals surface area contributed by atoms with Gasteiger partial charge in [0.25, 0.3) is 0 Å². The lowest BCUT2D eigenvalue weighted by Gasteiger charge is -2.47. The Morgan fingerprint density at radius 1 is 0.911 bits per heavy atom. The van der Waals surface area contributed by atoms with Crippen LogP contribution < -0.4 is 25.8 Å². The summed E-state index contributed by atoms with van der Waals surface area (Å²) >= 11 is 0. The Morgan fingerprint density at radius 2 is 1.53 bits per heavy atom. The van der Waals surface area contributed by atoms with E-state index in [9.17, 15) is 14.2 Å². The molecule has 4 rings (SSSR count). The summed E-state index contributed by atoms with van der Waals surface area (Å²) < 4.78 is 37.9. The van der Waals surface area contributed by atoms with Gasteiger partial charge >= 0.3 is 27.9 Å². The Labute approximate surface area is 269 Å². The molecule has 2 aromatic rings. The van der Waals surface area contributed by atoms with Gasteiger partial charge in [-0.2, -0.15) is 0 Å². The first-order valence-corrected chi connectivity index (χ1v) is 19.7. The molecule has 1 saturated carbocycles. The summed E-state index contributed by atoms with van der Waals surface area (Å²) in [7, 11) is -6.65. The van der Waals surface area contributed by atoms with Crippen LogP contribution in [0.15, 0.2) is 48.5 Å². The molecule has 1 aliphatic heterocycles. The average Bonchev–Trinajstić information content (AvgIpc) is 2.98. The highest BCUT2D eigenvalue weighted by atomic mass is 31.2. The van der Waals surface area contributed by atoms with Gasteiger partial charge in [-0.1, -0.05) is 57.2 Å². The molecule has 248 valence electrons. The third-order valence-corrected chi connectivity index (χ3v) is 13.7. The smallest absolute Gasteiger partial charge is 0.433 e. The average molecular weight is 660 g/mol. The third kappa shape index (κ3) is 8.57. The molecule has 3 unspecified atom stereocenters. The second kappa shape index (κ2) is 14.8. The molecular formula is C33H50N3O7PSi. The van der Waals surface area contributed by atoms with Crippen LogP contribution in [-0.2, 0) is 17.8 Å². The molecule has 1 fully saturated rings. The maximum atomic E-state index is 14.2. The number of nitrogens with one attached hydrogen (secondary N) is 3. The van der Waals surface area contributed by atoms with Crippen molar-refractivity contribution in [2.45, 2.75) is 79.3 Å². The van der Waals surface area contributed by atoms with Crippen LogP contribution in [0.25, 0.3) is 11.1 Å². The number of urea groups is 1. The van der Waals surface area contributed by atoms with Crippen LogP contribution in [0.4, 0.5) is 9.59 Å². The van der Waals surface area contributed by atoms with Gasteiger partial charge in [0.2, 0.25) is 0 Å². The molecule has 12 heteroatoms. The highest BCUT2D eigenvalue weighted by Crippen LogP contribution is 2.55. The van der Waals surface area contributed by atoms with Crippen molar-refractivity contribution in [2.75, 3.05) is 32.9 Å². The number of hydrogen-bond acceptors (Lipinski definition) is 7. The zero-order valence-electron chi connectivity index (χ0n) is 27.6. The van der Waals surface area contributed by atoms with Gasteiger partial charge in [-0.3, -0.25) is 9.36 Å². The maximum absolute atomic E-state index is 14.2. The monoisotopic (exact) mass is 659 g/mol. The summed E-state index contributed by atoms with van der Waals surface area (Å²) in [5.41, 5.74) is 0.547. The lowest BCUT2D eigenvalue weighted by atomic mass is 9.62. The van der Waals surface area contributed by atoms with E-state index in [4.69, 9.17) is 17.8 Å². The van der Waals surface area contributed by atoms with Gasteiger partial charge in [-0.15, -0.1) is 0 Å². The standard InChI is InChI=1S/C33H50N3O7PSi/c1-7-40-45(41-8-2,42-9-3)20-14-19-34-30(37)36-25-21-32(4,5)23-33(6,22-25)24-35-31(38)44(39)29-18-13-11-16-27(29)26-15-10-12-17-28(26)43-44/h10-13,15-18,25H,7-9,14,19-24H2,1-6H3,(H,35,38)(H2,34,36,37). The van der Waals surface area contributed by atoms with Crippen LogP contribution in [0.1, 0.15) is 67.2 Å². The fourth-order valence-electron chi connectivity index (χ4n) is 7.07. The van der Waals surface area contributed by atoms with Crippen molar-refractivity contribution in [1.29, 1.82) is 0 Å². The predicted octanol–water partition coefficient (Wildman–Crippen LogP) is 6.68. The van der Waals surface area contributed by atoms with Crippen molar-refractivity contribution in [1.82, 2.24) is 16.0 Å². The molecule has 2 aromatic carbocycles. The van der Waals surface area contributed by atoms with Gasteiger partial charge in [0.05, 0.1) is 5.30 Å². The number of benzene rings is 2. The molecule has 0 radical (unpaired) electrons. The van der Waals surface area contributed by atoms with Crippen LogP contribution >= 0.6 is 7.37 Å². The lowest BCUT2D eigenvalue weighted by molar-refractivity contribution is 0.0704. The number of para-hydroxylation sites is 1. The molecule has 10 nitrogen and oxygen atoms in total. The second-order valence-corrected chi connectivity index (χ2v) is 18.0. The van der Waals surface area contributed by atoms with E-state index in [1.807, 2.05) is 45.0 Å². The molecule has 2 aliphatic rings. The zero-order chi connectivity index (χ0) is 32.7. The van der Waals surface area contributed by atoms with Crippen LogP contribution in [0.5, 0.6) is 5.75 Å². The van der Waals surface area contributed by atoms with E-state index < -0.39 is 21.8 Å². The Morgan fingerprint density at radius 3 is 2.20 bits per heavy atom. The van der Waals surface area contributed by atoms with E-state index in [-0.39, 0.29) is 22.9 Å². The SMILES string of the molecule is CCO[Si](CCCNC(=O)NC1CC(C)(C)CC(C)(CNC(=O)P2(=O)Oc3ccccc3-c3ccccc32)C1)(OCC)OCC. The van der Waals surface area contributed by atoms with Crippen molar-refractivity contribution >= 4 is 33.2 Å². The summed E-state index contributed by atoms with van der Waals surface area (Å²) in [6, 6.07) is 14.9. The van der Waals surface area contributed by atoms with Crippen molar-refractivity contribution in [3.63, 3.8) is 0 Å². The fraction of sp³-hybridized carbons (Fsp3) is 0.576. The molecule has 45 heavy (non-hydrogen) atoms. The minimum Gasteiger partial charge on any atom is -0.433 e. The Kier molecular flexibility index (Phi) is 11.6. The predicted molar refractivity (Wildman–Crippen MR) is 179 cm³/mol. The Hall–Kier alpha value is -2.69. The minimum absolute atomic E-state index is 0.0788. The van der Waals surface area contributed by atoms with Gasteiger partial charge in [-0.25, -0.2) is 4.79 Å². The van der Waals surface area contributed by atoms with E-state index in [1.165, 1.54) is 0 Å². The first-order valence-electron chi connectivity index (χ1n) is 16.1. The summed E-state index contributed by atoms with van der Waals surface area (Å²) in [6.45, 7) is 14.6. The first kappa shape index (κ1) is 35.2. The Bertz CT molecular complexity index is 1370. The molecule has 0 spiro atoms. The summed E-state index contributed by atoms with van der Waals surface area (Å²) in [5.74, 6) is 0.441. The van der Waals surface area contributed by atoms with Crippen molar-refractivity contribution in [2.24, 2.45) is 10.8 Å². The van der Waals surface area contributed by atoms with Gasteiger partial charge in [0.15, 0.2) is 0 Å². The van der Waals surface area contributed by atoms with E-state index in [0.29, 0.717) is 62.8 Å². The topological polar surface area (TPSA) is 124 Å². The lowest BCUT2D eigenvalue weighted by Crippen LogP contribution is -2.52. The van der Waals surface area contributed by atoms with Crippen LogP contribution in [0.2, 0.25) is 6.04 Å². The number of hydrogen-bond donors (Lipinski definition) is 3. The van der Waals surface area contributed by atoms with E-state index in [2.05, 4.69) is 36.7 Å². The fourth-order valence-corrected chi connectivity index (χ4v) is 11.6. The molecular weight excluding hydrogens is 609 g/mol. The van der Waals surface area contributed by atoms with Crippen LogP contribution in [-0.4, -0.2) is 59.4 Å². The number of carbonyl (C=O) groups is 2. The molecule has 3 amide bonds. The highest BCUT2D eigenvalue weighted by Gasteiger charge is 2.46. The highest BCUT2D eigenvalue weighted by molar-refractivity contribution is 7.83. The Balaban J connectivity index is 1.35. The number of amides is 3. The first-order chi connectivity index (χ1) is 21.4. The molecule has 0 saturated heterocycles. The van der Waals surface area contributed by atoms with Crippen LogP contribution in [0, 0.1) is 10.8 Å². The molecule has 3 N–H and O–H groups in total. The van der Waals surface area contributed by atoms with Gasteiger partial charge in [-0.05, 0) is 75.0 Å². The number of carbonyl (C=O) groups excluding carboxylic acids is 2. The summed E-state index contributed by atoms with van der Waals surface area (Å²) in [4.78, 5) is 26.6. The van der Waals surface area contributed by atoms with Crippen molar-refractivity contribution in [3.8, 4) is 16.9 Å². The van der Waals surface area contributed by atoms with Gasteiger partial charge < -0.3 is 33.8 Å². The van der Waals surface area contributed by atoms with E-state index >= 15 is 0 Å². The zero-order valence-corrected chi connectivity index (χ0v) is 29.5. The molecule has 1 heterocycles. The van der Waals surface area contributed by atoms with Gasteiger partial charge in [0, 0.05) is 50.6 Å². The maximum Gasteiger partial charge on any atom is 0.500 e. The van der Waals surface area contributed by atoms with E-state index in [0.717, 1.165) is 24.0 Å². The quantitative estimate of drug-likeness (QED) is 0.117. The summed E-state index contributed by atoms with van der Waals surface area (Å²) in [5, 5.41) is 9.54. The largest absolute Gasteiger partial charge is 0.500 e. The van der Waals surface area contributed by atoms with Gasteiger partial charge in [0.1, 0.15) is 5.75 Å². The molecule has 0 aromatic heterocycles. The molecule has 3 atom stereocenters. The second-order valence-electron chi connectivity index (χ2n) is 13.1. The summed E-state index contributed by atoms with van der Waals surface area (Å²) in [6.07, 6.45) is 2.99. The number of fused-ring (bicyclic) bond motifs is 3. The molecule has 0 bridgehead atoms. The van der Waals surface area contributed by atoms with Crippen molar-refractivity contribution in [3.05, 3.63) is 48.5 Å². The number of rotatable bonds is 14. The van der Waals surface area contributed by atoms with Crippen molar-refractivity contribution < 1.29 is 32.0 Å². The van der Waals surface area contributed by atoms with Crippen LogP contribution in [0.3, 0.4) is 0 Å². The normalized spacial score (nSPS) is 23.6. The van der Waals surface area contributed by atoms with E-state index in [1.54, 1.807) is 24.3 Å². The minimum atomic E-state index is -3.89. The third-order valence-electron chi connectivity index (χ3n) is 8.38.